The van der Waals surface area contributed by atoms with Crippen molar-refractivity contribution in [2.24, 2.45) is 0 Å². The summed E-state index contributed by atoms with van der Waals surface area (Å²) in [6.07, 6.45) is -2.43. The molecule has 3 heterocycles. The van der Waals surface area contributed by atoms with E-state index in [4.69, 9.17) is 29.1 Å². The van der Waals surface area contributed by atoms with Gasteiger partial charge in [0.05, 0.1) is 13.2 Å². The van der Waals surface area contributed by atoms with Crippen molar-refractivity contribution >= 4 is 27.6 Å². The van der Waals surface area contributed by atoms with Gasteiger partial charge in [-0.2, -0.15) is 9.97 Å². The summed E-state index contributed by atoms with van der Waals surface area (Å²) >= 11 is 0.764. The van der Waals surface area contributed by atoms with Crippen LogP contribution in [0.4, 0.5) is 5.95 Å². The number of thiazole rings is 1. The van der Waals surface area contributed by atoms with Crippen molar-refractivity contribution in [3.63, 3.8) is 0 Å². The number of aryl methyl sites for hydroxylation is 1. The van der Waals surface area contributed by atoms with Gasteiger partial charge in [0.1, 0.15) is 23.6 Å². The second-order valence-electron chi connectivity index (χ2n) is 5.82. The second kappa shape index (κ2) is 8.71. The van der Waals surface area contributed by atoms with E-state index in [9.17, 15) is 19.8 Å². The molecule has 2 atom stereocenters. The Hall–Kier alpha value is -2.78. The first-order valence-corrected chi connectivity index (χ1v) is 9.06. The summed E-state index contributed by atoms with van der Waals surface area (Å²) in [5.74, 6) is -0.668. The first-order chi connectivity index (χ1) is 13.8. The van der Waals surface area contributed by atoms with Gasteiger partial charge in [-0.25, -0.2) is 4.79 Å². The Balaban J connectivity index is 1.88. The molecule has 158 valence electrons. The molecular formula is C15H18N4O9S. The lowest BCUT2D eigenvalue weighted by Gasteiger charge is -2.19. The van der Waals surface area contributed by atoms with Crippen molar-refractivity contribution < 1.29 is 33.6 Å². The van der Waals surface area contributed by atoms with Gasteiger partial charge in [0.25, 0.3) is 0 Å². The number of anilines is 1. The molecule has 0 saturated carbocycles. The fourth-order valence-electron chi connectivity index (χ4n) is 2.36. The molecule has 0 unspecified atom stereocenters. The fraction of sp³-hybridized carbons (Fsp3) is 0.467. The van der Waals surface area contributed by atoms with Crippen molar-refractivity contribution in [3.8, 4) is 5.88 Å². The lowest BCUT2D eigenvalue weighted by atomic mass is 10.2. The van der Waals surface area contributed by atoms with Crippen LogP contribution in [0.2, 0.25) is 0 Å². The number of fused-ring (bicyclic) bond motifs is 1. The number of hydrogen-bond acceptors (Lipinski definition) is 13. The predicted octanol–water partition coefficient (Wildman–Crippen LogP) is -1.44. The molecule has 0 aliphatic heterocycles. The average Bonchev–Trinajstić information content (AvgIpc) is 3.17. The number of nitrogens with zero attached hydrogens (tertiary/aromatic N) is 3. The van der Waals surface area contributed by atoms with E-state index in [1.54, 1.807) is 0 Å². The van der Waals surface area contributed by atoms with Crippen molar-refractivity contribution in [1.29, 1.82) is 0 Å². The van der Waals surface area contributed by atoms with E-state index in [1.165, 1.54) is 6.92 Å². The zero-order valence-electron chi connectivity index (χ0n) is 15.1. The van der Waals surface area contributed by atoms with Gasteiger partial charge in [-0.3, -0.25) is 9.36 Å². The third-order valence-corrected chi connectivity index (χ3v) is 4.85. The maximum atomic E-state index is 12.4. The normalized spacial score (nSPS) is 13.7. The first-order valence-electron chi connectivity index (χ1n) is 8.24. The van der Waals surface area contributed by atoms with Crippen LogP contribution in [0, 0.1) is 6.92 Å². The highest BCUT2D eigenvalue weighted by molar-refractivity contribution is 7.16. The Morgan fingerprint density at radius 2 is 2.00 bits per heavy atom. The summed E-state index contributed by atoms with van der Waals surface area (Å²) in [5.41, 5.74) is 5.81. The molecule has 0 aliphatic rings. The number of aliphatic hydroxyl groups is 3. The molecule has 0 radical (unpaired) electrons. The van der Waals surface area contributed by atoms with Crippen LogP contribution in [-0.4, -0.2) is 55.3 Å². The van der Waals surface area contributed by atoms with Gasteiger partial charge in [-0.15, -0.1) is 0 Å². The molecule has 3 rings (SSSR count). The van der Waals surface area contributed by atoms with Crippen LogP contribution < -0.4 is 21.2 Å². The Labute approximate surface area is 165 Å². The van der Waals surface area contributed by atoms with E-state index < -0.39 is 36.1 Å². The number of nitrogens with two attached hydrogens (primary N) is 1. The summed E-state index contributed by atoms with van der Waals surface area (Å²) < 4.78 is 21.8. The molecule has 3 aromatic rings. The Kier molecular flexibility index (Phi) is 6.29. The Morgan fingerprint density at radius 3 is 2.62 bits per heavy atom. The van der Waals surface area contributed by atoms with Crippen molar-refractivity contribution in [2.75, 3.05) is 18.9 Å². The molecule has 5 N–H and O–H groups in total. The molecule has 0 fully saturated rings. The van der Waals surface area contributed by atoms with E-state index in [-0.39, 0.29) is 47.0 Å². The fourth-order valence-corrected chi connectivity index (χ4v) is 3.22. The predicted molar refractivity (Wildman–Crippen MR) is 97.5 cm³/mol. The molecular weight excluding hydrogens is 412 g/mol. The lowest BCUT2D eigenvalue weighted by molar-refractivity contribution is -0.100. The Bertz CT molecular complexity index is 1100. The highest BCUT2D eigenvalue weighted by atomic mass is 32.1. The number of rotatable bonds is 9. The topological polar surface area (TPSA) is 196 Å². The van der Waals surface area contributed by atoms with Crippen LogP contribution in [0.25, 0.3) is 10.3 Å². The van der Waals surface area contributed by atoms with Gasteiger partial charge in [-0.05, 0) is 6.92 Å². The number of aromatic nitrogens is 3. The molecule has 0 bridgehead atoms. The zero-order valence-corrected chi connectivity index (χ0v) is 15.9. The molecule has 0 amide bonds. The van der Waals surface area contributed by atoms with Crippen LogP contribution in [-0.2, 0) is 18.1 Å². The highest BCUT2D eigenvalue weighted by Gasteiger charge is 2.22. The molecule has 3 aromatic heterocycles. The monoisotopic (exact) mass is 430 g/mol. The van der Waals surface area contributed by atoms with Gasteiger partial charge in [0.15, 0.2) is 23.8 Å². The first kappa shape index (κ1) is 20.9. The van der Waals surface area contributed by atoms with Crippen molar-refractivity contribution in [3.05, 3.63) is 31.8 Å². The minimum absolute atomic E-state index is 0.00861. The highest BCUT2D eigenvalue weighted by Crippen LogP contribution is 2.27. The maximum Gasteiger partial charge on any atom is 0.519 e. The average molecular weight is 430 g/mol. The zero-order chi connectivity index (χ0) is 21.1. The standard InChI is InChI=1S/C15H18N4O9S/c1-6-9(28-15(24)27-6)4-25-12-10-11(17-13(16)18-12)19(14(23)29-10)5-26-8(3-21)7(22)2-20/h7-8,20-22H,2-5H2,1H3,(H2,16,17,18)/t7-,8+/m0/s1. The smallest absolute Gasteiger partial charge is 0.468 e. The number of ether oxygens (including phenoxy) is 2. The third-order valence-electron chi connectivity index (χ3n) is 3.89. The minimum Gasteiger partial charge on any atom is -0.468 e. The third kappa shape index (κ3) is 4.46. The van der Waals surface area contributed by atoms with E-state index in [2.05, 4.69) is 9.97 Å². The van der Waals surface area contributed by atoms with Gasteiger partial charge in [0, 0.05) is 0 Å². The van der Waals surface area contributed by atoms with Gasteiger partial charge in [0.2, 0.25) is 11.8 Å². The second-order valence-corrected chi connectivity index (χ2v) is 6.79. The summed E-state index contributed by atoms with van der Waals surface area (Å²) in [5, 5.41) is 27.8. The van der Waals surface area contributed by atoms with E-state index >= 15 is 0 Å². The number of hydrogen-bond donors (Lipinski definition) is 4. The molecule has 0 aliphatic carbocycles. The van der Waals surface area contributed by atoms with Crippen LogP contribution >= 0.6 is 11.3 Å². The van der Waals surface area contributed by atoms with Crippen LogP contribution in [0.15, 0.2) is 18.4 Å². The maximum absolute atomic E-state index is 12.4. The molecule has 0 saturated heterocycles. The van der Waals surface area contributed by atoms with E-state index in [0.717, 1.165) is 15.9 Å². The Morgan fingerprint density at radius 1 is 1.24 bits per heavy atom. The molecule has 0 aromatic carbocycles. The molecule has 29 heavy (non-hydrogen) atoms. The molecule has 14 heteroatoms. The van der Waals surface area contributed by atoms with E-state index in [0.29, 0.717) is 0 Å². The molecule has 0 spiro atoms. The summed E-state index contributed by atoms with van der Waals surface area (Å²) in [7, 11) is 0. The van der Waals surface area contributed by atoms with E-state index in [1.807, 2.05) is 0 Å². The number of aliphatic hydroxyl groups excluding tert-OH is 3. The minimum atomic E-state index is -1.33. The SMILES string of the molecule is Cc1oc(=O)oc1COc1nc(N)nc2c1sc(=O)n2CO[C@H](CO)[C@@H](O)CO. The number of nitrogen functional groups attached to an aromatic ring is 1. The quantitative estimate of drug-likeness (QED) is 0.309. The van der Waals surface area contributed by atoms with Crippen molar-refractivity contribution in [2.45, 2.75) is 32.5 Å². The van der Waals surface area contributed by atoms with Gasteiger partial charge < -0.3 is 39.4 Å². The lowest BCUT2D eigenvalue weighted by Crippen LogP contribution is -2.36. The van der Waals surface area contributed by atoms with Crippen LogP contribution in [0.5, 0.6) is 5.88 Å². The summed E-state index contributed by atoms with van der Waals surface area (Å²) in [6.45, 7) is -0.230. The molecule has 13 nitrogen and oxygen atoms in total. The summed E-state index contributed by atoms with van der Waals surface area (Å²) in [6, 6.07) is 0. The summed E-state index contributed by atoms with van der Waals surface area (Å²) in [4.78, 5) is 31.0. The van der Waals surface area contributed by atoms with Gasteiger partial charge in [-0.1, -0.05) is 11.3 Å². The van der Waals surface area contributed by atoms with Crippen molar-refractivity contribution in [1.82, 2.24) is 14.5 Å². The van der Waals surface area contributed by atoms with Gasteiger partial charge >= 0.3 is 10.7 Å². The largest absolute Gasteiger partial charge is 0.519 e. The van der Waals surface area contributed by atoms with Crippen LogP contribution in [0.1, 0.15) is 11.5 Å². The van der Waals surface area contributed by atoms with Crippen LogP contribution in [0.3, 0.4) is 0 Å².